The maximum Gasteiger partial charge on any atom is 0.417 e. The lowest BCUT2D eigenvalue weighted by Crippen LogP contribution is -2.47. The molecule has 186 valence electrons. The van der Waals surface area contributed by atoms with Gasteiger partial charge >= 0.3 is 6.18 Å². The molecule has 5 rings (SSSR count). The van der Waals surface area contributed by atoms with E-state index < -0.39 is 11.7 Å². The Kier molecular flexibility index (Phi) is 6.25. The lowest BCUT2D eigenvalue weighted by molar-refractivity contribution is -0.138. The Morgan fingerprint density at radius 1 is 1.29 bits per heavy atom. The van der Waals surface area contributed by atoms with Gasteiger partial charge in [0.15, 0.2) is 0 Å². The molecule has 1 N–H and O–H groups in total. The third-order valence-corrected chi connectivity index (χ3v) is 8.93. The molecule has 0 radical (unpaired) electrons. The number of nitrogens with one attached hydrogen (secondary N) is 1. The van der Waals surface area contributed by atoms with Gasteiger partial charge in [-0.1, -0.05) is 19.9 Å². The van der Waals surface area contributed by atoms with Crippen LogP contribution in [0.2, 0.25) is 0 Å². The number of hydrogen-bond acceptors (Lipinski definition) is 4. The van der Waals surface area contributed by atoms with Crippen molar-refractivity contribution in [1.29, 1.82) is 0 Å². The first kappa shape index (κ1) is 23.8. The highest BCUT2D eigenvalue weighted by Crippen LogP contribution is 2.55. The summed E-state index contributed by atoms with van der Waals surface area (Å²) in [5.74, 6) is 0.901. The molecule has 0 bridgehead atoms. The Hall–Kier alpha value is -1.93. The number of halogens is 3. The minimum atomic E-state index is -4.42. The predicted molar refractivity (Wildman–Crippen MR) is 123 cm³/mol. The van der Waals surface area contributed by atoms with E-state index >= 15 is 0 Å². The van der Waals surface area contributed by atoms with Crippen molar-refractivity contribution in [1.82, 2.24) is 15.2 Å². The molecule has 3 aliphatic heterocycles. The minimum absolute atomic E-state index is 0.0206. The third kappa shape index (κ3) is 4.06. The van der Waals surface area contributed by atoms with Crippen LogP contribution in [-0.4, -0.2) is 53.7 Å². The monoisotopic (exact) mass is 477 g/mol. The van der Waals surface area contributed by atoms with Crippen LogP contribution in [0.4, 0.5) is 13.2 Å². The molecular weight excluding hydrogens is 443 g/mol. The average Bonchev–Trinajstić information content (AvgIpc) is 3.35. The molecule has 8 heteroatoms. The molecule has 5 nitrogen and oxygen atoms in total. The Morgan fingerprint density at radius 3 is 2.88 bits per heavy atom. The molecule has 1 aromatic heterocycles. The van der Waals surface area contributed by atoms with Gasteiger partial charge in [-0.2, -0.15) is 13.2 Å². The maximum atomic E-state index is 13.6. The number of hydrogen-bond donors (Lipinski definition) is 1. The maximum absolute atomic E-state index is 13.6. The van der Waals surface area contributed by atoms with Crippen molar-refractivity contribution in [2.45, 2.75) is 76.7 Å². The molecule has 1 aromatic rings. The highest BCUT2D eigenvalue weighted by atomic mass is 19.4. The molecule has 4 aliphatic rings. The van der Waals surface area contributed by atoms with Crippen molar-refractivity contribution in [2.24, 2.45) is 17.3 Å². The third-order valence-electron chi connectivity index (χ3n) is 8.93. The number of ether oxygens (including phenoxy) is 1. The molecule has 0 aromatic carbocycles. The van der Waals surface area contributed by atoms with Crippen LogP contribution in [0.15, 0.2) is 24.5 Å². The average molecular weight is 478 g/mol. The largest absolute Gasteiger partial charge is 0.417 e. The van der Waals surface area contributed by atoms with Gasteiger partial charge in [0.2, 0.25) is 5.91 Å². The fraction of sp³-hybridized carbons (Fsp3) is 0.692. The van der Waals surface area contributed by atoms with E-state index in [0.29, 0.717) is 36.5 Å². The van der Waals surface area contributed by atoms with Gasteiger partial charge in [0, 0.05) is 43.7 Å². The summed E-state index contributed by atoms with van der Waals surface area (Å²) in [6.07, 6.45) is 5.24. The second-order valence-corrected chi connectivity index (χ2v) is 10.6. The molecule has 34 heavy (non-hydrogen) atoms. The van der Waals surface area contributed by atoms with Crippen LogP contribution in [0.1, 0.15) is 63.5 Å². The molecule has 5 unspecified atom stereocenters. The number of nitrogens with zero attached hydrogens (tertiary/aromatic N) is 2. The number of pyridine rings is 1. The molecular formula is C26H34F3N3O2. The zero-order valence-corrected chi connectivity index (χ0v) is 19.9. The summed E-state index contributed by atoms with van der Waals surface area (Å²) < 4.78 is 45.2. The molecule has 1 spiro atoms. The van der Waals surface area contributed by atoms with Crippen LogP contribution in [0.3, 0.4) is 0 Å². The first-order chi connectivity index (χ1) is 16.2. The lowest BCUT2D eigenvalue weighted by Gasteiger charge is -2.34. The summed E-state index contributed by atoms with van der Waals surface area (Å²) in [5.41, 5.74) is 0.261. The van der Waals surface area contributed by atoms with Gasteiger partial charge in [-0.05, 0) is 67.6 Å². The second kappa shape index (κ2) is 8.94. The summed E-state index contributed by atoms with van der Waals surface area (Å²) in [7, 11) is 0. The van der Waals surface area contributed by atoms with Crippen LogP contribution in [0.5, 0.6) is 0 Å². The van der Waals surface area contributed by atoms with Gasteiger partial charge in [-0.25, -0.2) is 0 Å². The zero-order valence-electron chi connectivity index (χ0n) is 19.9. The van der Waals surface area contributed by atoms with Crippen LogP contribution in [0.25, 0.3) is 5.57 Å². The van der Waals surface area contributed by atoms with E-state index in [1.807, 2.05) is 11.0 Å². The van der Waals surface area contributed by atoms with E-state index in [2.05, 4.69) is 24.1 Å². The summed E-state index contributed by atoms with van der Waals surface area (Å²) in [5, 5.41) is 3.87. The van der Waals surface area contributed by atoms with Gasteiger partial charge < -0.3 is 15.0 Å². The summed E-state index contributed by atoms with van der Waals surface area (Å²) in [4.78, 5) is 19.5. The number of amides is 1. The Bertz CT molecular complexity index is 965. The van der Waals surface area contributed by atoms with Gasteiger partial charge in [0.05, 0.1) is 17.6 Å². The van der Waals surface area contributed by atoms with Crippen LogP contribution in [0, 0.1) is 17.3 Å². The number of carbonyl (C=O) groups excluding carboxylic acids is 1. The second-order valence-electron chi connectivity index (χ2n) is 10.6. The standard InChI is InChI=1S/C26H34F3N3O2/c1-3-17-15-34-9-6-22(17)31-21-4-7-25(12-21)16(2)23-11-18(5-8-32(23)24(25)33)19-10-20(14-30-13-19)26(27,28)29/h5,10,13-14,16-17,21-23,31H,3-4,6-9,11-12,15H2,1-2H3/t16?,17?,21?,22?,23?,25-/m0/s1. The van der Waals surface area contributed by atoms with Crippen molar-refractivity contribution in [3.05, 3.63) is 35.7 Å². The first-order valence-corrected chi connectivity index (χ1v) is 12.6. The van der Waals surface area contributed by atoms with Gasteiger partial charge in [0.25, 0.3) is 0 Å². The first-order valence-electron chi connectivity index (χ1n) is 12.6. The normalized spacial score (nSPS) is 36.1. The van der Waals surface area contributed by atoms with Crippen LogP contribution < -0.4 is 5.32 Å². The molecule has 6 atom stereocenters. The zero-order chi connectivity index (χ0) is 24.1. The number of aromatic nitrogens is 1. The van der Waals surface area contributed by atoms with Gasteiger partial charge in [-0.15, -0.1) is 0 Å². The Balaban J connectivity index is 1.30. The molecule has 4 heterocycles. The lowest BCUT2D eigenvalue weighted by atomic mass is 9.73. The van der Waals surface area contributed by atoms with Crippen LogP contribution >= 0.6 is 0 Å². The van der Waals surface area contributed by atoms with Crippen molar-refractivity contribution in [3.63, 3.8) is 0 Å². The molecule has 1 aliphatic carbocycles. The summed E-state index contributed by atoms with van der Waals surface area (Å²) in [6, 6.07) is 1.96. The number of rotatable bonds is 4. The highest BCUT2D eigenvalue weighted by Gasteiger charge is 2.60. The molecule has 2 saturated heterocycles. The van der Waals surface area contributed by atoms with Crippen molar-refractivity contribution in [2.75, 3.05) is 19.8 Å². The Labute approximate surface area is 199 Å². The topological polar surface area (TPSA) is 54.5 Å². The van der Waals surface area contributed by atoms with E-state index in [-0.39, 0.29) is 23.3 Å². The van der Waals surface area contributed by atoms with Crippen LogP contribution in [-0.2, 0) is 15.7 Å². The van der Waals surface area contributed by atoms with Gasteiger partial charge in [0.1, 0.15) is 0 Å². The number of carbonyl (C=O) groups is 1. The van der Waals surface area contributed by atoms with E-state index in [4.69, 9.17) is 4.74 Å². The van der Waals surface area contributed by atoms with E-state index in [9.17, 15) is 18.0 Å². The summed E-state index contributed by atoms with van der Waals surface area (Å²) in [6.45, 7) is 6.42. The van der Waals surface area contributed by atoms with Crippen molar-refractivity contribution < 1.29 is 22.7 Å². The number of fused-ring (bicyclic) bond motifs is 1. The number of alkyl halides is 3. The summed E-state index contributed by atoms with van der Waals surface area (Å²) >= 11 is 0. The van der Waals surface area contributed by atoms with E-state index in [0.717, 1.165) is 57.1 Å². The van der Waals surface area contributed by atoms with Crippen molar-refractivity contribution >= 4 is 11.5 Å². The molecule has 1 saturated carbocycles. The Morgan fingerprint density at radius 2 is 2.12 bits per heavy atom. The van der Waals surface area contributed by atoms with Gasteiger partial charge in [-0.3, -0.25) is 9.78 Å². The fourth-order valence-corrected chi connectivity index (χ4v) is 6.85. The smallest absolute Gasteiger partial charge is 0.381 e. The fourth-order valence-electron chi connectivity index (χ4n) is 6.85. The SMILES string of the molecule is CCC1COCCC1NC1CC[C@@]2(C1)C(=O)N1CC=C(c3cncc(C(F)(F)F)c3)CC1C2C. The molecule has 3 fully saturated rings. The highest BCUT2D eigenvalue weighted by molar-refractivity contribution is 5.88. The van der Waals surface area contributed by atoms with E-state index in [1.54, 1.807) is 0 Å². The molecule has 1 amide bonds. The van der Waals surface area contributed by atoms with Crippen molar-refractivity contribution in [3.8, 4) is 0 Å². The quantitative estimate of drug-likeness (QED) is 0.684. The van der Waals surface area contributed by atoms with E-state index in [1.165, 1.54) is 12.3 Å². The predicted octanol–water partition coefficient (Wildman–Crippen LogP) is 4.68. The minimum Gasteiger partial charge on any atom is -0.381 e.